The average Bonchev–Trinajstić information content (AvgIpc) is 2.15. The standard InChI is InChI=1S/C8H7ClO3S/c1-11-6-2-4-7(5-3-6)13-12-8(9)10/h2-5H,1H3. The summed E-state index contributed by atoms with van der Waals surface area (Å²) < 4.78 is 9.46. The zero-order valence-electron chi connectivity index (χ0n) is 6.82. The van der Waals surface area contributed by atoms with Gasteiger partial charge < -0.3 is 8.92 Å². The van der Waals surface area contributed by atoms with Crippen LogP contribution in [-0.4, -0.2) is 12.5 Å². The molecule has 3 nitrogen and oxygen atoms in total. The van der Waals surface area contributed by atoms with Crippen LogP contribution in [0.15, 0.2) is 29.2 Å². The smallest absolute Gasteiger partial charge is 0.416 e. The molecule has 1 aromatic carbocycles. The van der Waals surface area contributed by atoms with Gasteiger partial charge in [-0.05, 0) is 24.3 Å². The summed E-state index contributed by atoms with van der Waals surface area (Å²) in [5.74, 6) is 0.751. The third kappa shape index (κ3) is 3.57. The van der Waals surface area contributed by atoms with Gasteiger partial charge in [0, 0.05) is 16.5 Å². The summed E-state index contributed by atoms with van der Waals surface area (Å²) in [6.45, 7) is 0. The van der Waals surface area contributed by atoms with Crippen LogP contribution in [0.3, 0.4) is 0 Å². The number of rotatable bonds is 3. The number of methoxy groups -OCH3 is 1. The van der Waals surface area contributed by atoms with Gasteiger partial charge in [-0.2, -0.15) is 0 Å². The van der Waals surface area contributed by atoms with Crippen LogP contribution in [0.2, 0.25) is 0 Å². The second kappa shape index (κ2) is 4.99. The molecule has 0 N–H and O–H groups in total. The summed E-state index contributed by atoms with van der Waals surface area (Å²) in [4.78, 5) is 11.0. The summed E-state index contributed by atoms with van der Waals surface area (Å²) in [5, 5.41) is 0. The maximum atomic E-state index is 10.2. The molecule has 0 aliphatic rings. The van der Waals surface area contributed by atoms with Gasteiger partial charge >= 0.3 is 5.43 Å². The number of carbonyl (C=O) groups is 1. The van der Waals surface area contributed by atoms with Crippen LogP contribution in [0.5, 0.6) is 5.75 Å². The fraction of sp³-hybridized carbons (Fsp3) is 0.125. The van der Waals surface area contributed by atoms with E-state index in [2.05, 4.69) is 4.18 Å². The highest BCUT2D eigenvalue weighted by Crippen LogP contribution is 2.22. The second-order valence-corrected chi connectivity index (χ2v) is 3.19. The van der Waals surface area contributed by atoms with Crippen molar-refractivity contribution in [2.24, 2.45) is 0 Å². The van der Waals surface area contributed by atoms with Crippen molar-refractivity contribution in [2.75, 3.05) is 7.11 Å². The topological polar surface area (TPSA) is 35.5 Å². The normalized spacial score (nSPS) is 9.38. The van der Waals surface area contributed by atoms with Gasteiger partial charge in [0.2, 0.25) is 0 Å². The van der Waals surface area contributed by atoms with Gasteiger partial charge in [0.25, 0.3) is 0 Å². The molecule has 1 rings (SSSR count). The lowest BCUT2D eigenvalue weighted by atomic mass is 10.3. The van der Waals surface area contributed by atoms with E-state index in [4.69, 9.17) is 16.3 Å². The number of carbonyl (C=O) groups excluding carboxylic acids is 1. The van der Waals surface area contributed by atoms with E-state index in [1.54, 1.807) is 31.4 Å². The van der Waals surface area contributed by atoms with E-state index in [1.807, 2.05) is 0 Å². The second-order valence-electron chi connectivity index (χ2n) is 2.08. The SMILES string of the molecule is COc1ccc(SOC(=O)Cl)cc1. The van der Waals surface area contributed by atoms with Gasteiger partial charge in [0.05, 0.1) is 19.2 Å². The van der Waals surface area contributed by atoms with Crippen molar-refractivity contribution >= 4 is 29.1 Å². The van der Waals surface area contributed by atoms with Crippen LogP contribution < -0.4 is 4.74 Å². The molecular weight excluding hydrogens is 212 g/mol. The van der Waals surface area contributed by atoms with E-state index < -0.39 is 5.43 Å². The molecule has 0 saturated heterocycles. The van der Waals surface area contributed by atoms with Crippen molar-refractivity contribution < 1.29 is 13.7 Å². The number of hydrogen-bond donors (Lipinski definition) is 0. The first-order valence-corrected chi connectivity index (χ1v) is 4.52. The minimum atomic E-state index is -0.833. The summed E-state index contributed by atoms with van der Waals surface area (Å²) in [5.41, 5.74) is -0.833. The Morgan fingerprint density at radius 3 is 2.46 bits per heavy atom. The first-order valence-electron chi connectivity index (χ1n) is 3.40. The molecule has 1 aromatic rings. The lowest BCUT2D eigenvalue weighted by Crippen LogP contribution is -1.84. The molecule has 0 heterocycles. The average molecular weight is 219 g/mol. The van der Waals surface area contributed by atoms with Gasteiger partial charge in [-0.25, -0.2) is 4.79 Å². The fourth-order valence-electron chi connectivity index (χ4n) is 0.712. The molecule has 0 fully saturated rings. The summed E-state index contributed by atoms with van der Waals surface area (Å²) in [6.07, 6.45) is 0. The van der Waals surface area contributed by atoms with Crippen LogP contribution in [0.25, 0.3) is 0 Å². The largest absolute Gasteiger partial charge is 0.497 e. The Hall–Kier alpha value is -0.870. The quantitative estimate of drug-likeness (QED) is 0.577. The van der Waals surface area contributed by atoms with Crippen LogP contribution in [0.1, 0.15) is 0 Å². The zero-order chi connectivity index (χ0) is 9.68. The molecule has 0 unspecified atom stereocenters. The highest BCUT2D eigenvalue weighted by atomic mass is 35.5. The Balaban J connectivity index is 2.54. The van der Waals surface area contributed by atoms with Gasteiger partial charge in [0.1, 0.15) is 5.75 Å². The van der Waals surface area contributed by atoms with Crippen molar-refractivity contribution in [1.29, 1.82) is 0 Å². The Morgan fingerprint density at radius 2 is 2.00 bits per heavy atom. The maximum Gasteiger partial charge on any atom is 0.416 e. The Labute approximate surface area is 85.2 Å². The van der Waals surface area contributed by atoms with Gasteiger partial charge in [-0.15, -0.1) is 0 Å². The van der Waals surface area contributed by atoms with Crippen LogP contribution in [0.4, 0.5) is 4.79 Å². The molecule has 5 heteroatoms. The summed E-state index contributed by atoms with van der Waals surface area (Å²) >= 11 is 5.89. The number of ether oxygens (including phenoxy) is 1. The van der Waals surface area contributed by atoms with E-state index >= 15 is 0 Å². The Kier molecular flexibility index (Phi) is 3.92. The van der Waals surface area contributed by atoms with Crippen molar-refractivity contribution in [1.82, 2.24) is 0 Å². The highest BCUT2D eigenvalue weighted by Gasteiger charge is 1.99. The van der Waals surface area contributed by atoms with Gasteiger partial charge in [0.15, 0.2) is 0 Å². The summed E-state index contributed by atoms with van der Waals surface area (Å²) in [7, 11) is 1.58. The van der Waals surface area contributed by atoms with E-state index in [0.29, 0.717) is 0 Å². The molecule has 13 heavy (non-hydrogen) atoms. The minimum Gasteiger partial charge on any atom is -0.497 e. The van der Waals surface area contributed by atoms with Crippen LogP contribution >= 0.6 is 23.6 Å². The molecule has 0 aromatic heterocycles. The number of halogens is 1. The first-order chi connectivity index (χ1) is 6.22. The monoisotopic (exact) mass is 218 g/mol. The van der Waals surface area contributed by atoms with Crippen molar-refractivity contribution in [3.63, 3.8) is 0 Å². The third-order valence-corrected chi connectivity index (χ3v) is 2.13. The van der Waals surface area contributed by atoms with E-state index in [1.165, 1.54) is 0 Å². The van der Waals surface area contributed by atoms with Gasteiger partial charge in [-0.3, -0.25) is 0 Å². The van der Waals surface area contributed by atoms with Gasteiger partial charge in [-0.1, -0.05) is 0 Å². The fourth-order valence-corrected chi connectivity index (χ4v) is 1.22. The van der Waals surface area contributed by atoms with Crippen LogP contribution in [-0.2, 0) is 4.18 Å². The number of benzene rings is 1. The molecule has 0 atom stereocenters. The van der Waals surface area contributed by atoms with E-state index in [0.717, 1.165) is 22.7 Å². The molecule has 0 spiro atoms. The minimum absolute atomic E-state index is 0.751. The lowest BCUT2D eigenvalue weighted by Gasteiger charge is -2.00. The Bertz CT molecular complexity index is 286. The van der Waals surface area contributed by atoms with E-state index in [9.17, 15) is 4.79 Å². The molecule has 0 bridgehead atoms. The molecular formula is C8H7ClO3S. The van der Waals surface area contributed by atoms with Crippen molar-refractivity contribution in [3.05, 3.63) is 24.3 Å². The molecule has 0 aliphatic heterocycles. The molecule has 0 aliphatic carbocycles. The Morgan fingerprint density at radius 1 is 1.38 bits per heavy atom. The molecule has 70 valence electrons. The zero-order valence-corrected chi connectivity index (χ0v) is 8.39. The first kappa shape index (κ1) is 10.2. The van der Waals surface area contributed by atoms with Crippen LogP contribution in [0, 0.1) is 0 Å². The lowest BCUT2D eigenvalue weighted by molar-refractivity contribution is 0.233. The molecule has 0 radical (unpaired) electrons. The highest BCUT2D eigenvalue weighted by molar-refractivity contribution is 7.95. The predicted octanol–water partition coefficient (Wildman–Crippen LogP) is 3.08. The third-order valence-electron chi connectivity index (χ3n) is 1.26. The van der Waals surface area contributed by atoms with Crippen molar-refractivity contribution in [3.8, 4) is 5.75 Å². The van der Waals surface area contributed by atoms with Crippen molar-refractivity contribution in [2.45, 2.75) is 4.90 Å². The maximum absolute atomic E-state index is 10.2. The van der Waals surface area contributed by atoms with E-state index in [-0.39, 0.29) is 0 Å². The number of hydrogen-bond acceptors (Lipinski definition) is 4. The summed E-state index contributed by atoms with van der Waals surface area (Å²) in [6, 6.07) is 7.07. The molecule has 0 saturated carbocycles. The predicted molar refractivity (Wildman–Crippen MR) is 51.2 cm³/mol. The molecule has 0 amide bonds.